The summed E-state index contributed by atoms with van der Waals surface area (Å²) in [7, 11) is 1.09. The van der Waals surface area contributed by atoms with Gasteiger partial charge in [-0.2, -0.15) is 17.8 Å². The van der Waals surface area contributed by atoms with Crippen LogP contribution in [0.15, 0.2) is 53.7 Å². The first-order chi connectivity index (χ1) is 10.9. The Morgan fingerprint density at radius 3 is 2.57 bits per heavy atom. The average molecular weight is 331 g/mol. The maximum Gasteiger partial charge on any atom is 0.314 e. The van der Waals surface area contributed by atoms with Gasteiger partial charge in [0, 0.05) is 50.0 Å². The van der Waals surface area contributed by atoms with Crippen LogP contribution in [0.5, 0.6) is 0 Å². The van der Waals surface area contributed by atoms with Gasteiger partial charge in [-0.05, 0) is 18.2 Å². The molecule has 0 saturated carbocycles. The van der Waals surface area contributed by atoms with Crippen LogP contribution in [0, 0.1) is 0 Å². The van der Waals surface area contributed by atoms with E-state index in [1.165, 1.54) is 20.3 Å². The predicted molar refractivity (Wildman–Crippen MR) is 88.1 cm³/mol. The second-order valence-corrected chi connectivity index (χ2v) is 6.93. The Hall–Kier alpha value is -2.22. The second kappa shape index (κ2) is 5.77. The van der Waals surface area contributed by atoms with Gasteiger partial charge in [0.1, 0.15) is 4.90 Å². The van der Waals surface area contributed by atoms with E-state index in [-0.39, 0.29) is 4.90 Å². The highest BCUT2D eigenvalue weighted by Gasteiger charge is 2.19. The molecule has 1 aromatic carbocycles. The van der Waals surface area contributed by atoms with Gasteiger partial charge in [-0.3, -0.25) is 4.98 Å². The monoisotopic (exact) mass is 331 g/mol. The Labute approximate surface area is 135 Å². The molecule has 2 aromatic heterocycles. The van der Waals surface area contributed by atoms with Crippen LogP contribution in [0.4, 0.5) is 0 Å². The third kappa shape index (κ3) is 2.98. The number of hydrogen-bond acceptors (Lipinski definition) is 5. The summed E-state index contributed by atoms with van der Waals surface area (Å²) in [4.78, 5) is 4.08. The lowest BCUT2D eigenvalue weighted by atomic mass is 10.2. The lowest BCUT2D eigenvalue weighted by molar-refractivity contribution is 0.00512. The molecular weight excluding hydrogens is 314 g/mol. The van der Waals surface area contributed by atoms with E-state index >= 15 is 0 Å². The zero-order valence-electron chi connectivity index (χ0n) is 13.1. The van der Waals surface area contributed by atoms with Gasteiger partial charge in [-0.15, -0.1) is 0 Å². The van der Waals surface area contributed by atoms with Gasteiger partial charge in [0.05, 0.1) is 5.69 Å². The Morgan fingerprint density at radius 2 is 1.87 bits per heavy atom. The minimum Gasteiger partial charge on any atom is -0.344 e. The summed E-state index contributed by atoms with van der Waals surface area (Å²) < 4.78 is 31.2. The quantitative estimate of drug-likeness (QED) is 0.687. The lowest BCUT2D eigenvalue weighted by Gasteiger charge is -2.11. The summed E-state index contributed by atoms with van der Waals surface area (Å²) in [5, 5.41) is 2.22. The summed E-state index contributed by atoms with van der Waals surface area (Å²) in [6.07, 6.45) is 2.92. The molecule has 6 nitrogen and oxygen atoms in total. The molecular formula is C16H17N3O3S. The van der Waals surface area contributed by atoms with Crippen LogP contribution in [0.25, 0.3) is 22.2 Å². The number of benzene rings is 1. The third-order valence-corrected chi connectivity index (χ3v) is 4.79. The minimum absolute atomic E-state index is 0.0222. The van der Waals surface area contributed by atoms with Gasteiger partial charge < -0.3 is 4.57 Å². The molecule has 7 heteroatoms. The van der Waals surface area contributed by atoms with E-state index in [0.717, 1.165) is 21.7 Å². The standard InChI is InChI=1S/C16H17N3O3S/c1-18(2)22-23(20,21)14-8-13(10-17-11-14)16-9-12-6-4-5-7-15(12)19(16)3/h4-11H,1-3H3. The van der Waals surface area contributed by atoms with Crippen molar-refractivity contribution < 1.29 is 12.7 Å². The van der Waals surface area contributed by atoms with E-state index in [2.05, 4.69) is 4.98 Å². The number of rotatable bonds is 4. The van der Waals surface area contributed by atoms with Crippen molar-refractivity contribution in [2.75, 3.05) is 14.1 Å². The van der Waals surface area contributed by atoms with E-state index in [0.29, 0.717) is 5.56 Å². The number of hydroxylamine groups is 2. The zero-order valence-corrected chi connectivity index (χ0v) is 13.9. The van der Waals surface area contributed by atoms with E-state index in [1.54, 1.807) is 12.3 Å². The molecule has 0 radical (unpaired) electrons. The third-order valence-electron chi connectivity index (χ3n) is 3.50. The number of fused-ring (bicyclic) bond motifs is 1. The number of pyridine rings is 1. The molecule has 0 saturated heterocycles. The SMILES string of the molecule is CN(C)OS(=O)(=O)c1cncc(-c2cc3ccccc3n2C)c1. The van der Waals surface area contributed by atoms with Crippen LogP contribution in [0.3, 0.4) is 0 Å². The molecule has 0 bridgehead atoms. The molecule has 0 aliphatic rings. The first kappa shape index (κ1) is 15.7. The molecule has 23 heavy (non-hydrogen) atoms. The maximum atomic E-state index is 12.2. The lowest BCUT2D eigenvalue weighted by Crippen LogP contribution is -2.19. The van der Waals surface area contributed by atoms with Crippen LogP contribution in [0.1, 0.15) is 0 Å². The summed E-state index contributed by atoms with van der Waals surface area (Å²) in [6, 6.07) is 11.5. The van der Waals surface area contributed by atoms with E-state index in [1.807, 2.05) is 41.9 Å². The Morgan fingerprint density at radius 1 is 1.13 bits per heavy atom. The molecule has 3 aromatic rings. The van der Waals surface area contributed by atoms with Gasteiger partial charge in [-0.1, -0.05) is 18.2 Å². The van der Waals surface area contributed by atoms with Crippen molar-refractivity contribution in [1.29, 1.82) is 0 Å². The molecule has 0 aliphatic heterocycles. The summed E-state index contributed by atoms with van der Waals surface area (Å²) in [5.41, 5.74) is 2.67. The first-order valence-corrected chi connectivity index (χ1v) is 8.41. The predicted octanol–water partition coefficient (Wildman–Crippen LogP) is 2.42. The molecule has 0 spiro atoms. The van der Waals surface area contributed by atoms with Crippen molar-refractivity contribution in [3.05, 3.63) is 48.8 Å². The molecule has 2 heterocycles. The fraction of sp³-hybridized carbons (Fsp3) is 0.188. The molecule has 0 fully saturated rings. The van der Waals surface area contributed by atoms with Crippen molar-refractivity contribution in [2.24, 2.45) is 7.05 Å². The first-order valence-electron chi connectivity index (χ1n) is 7.00. The molecule has 0 amide bonds. The van der Waals surface area contributed by atoms with Gasteiger partial charge in [0.15, 0.2) is 0 Å². The average Bonchev–Trinajstić information content (AvgIpc) is 2.84. The topological polar surface area (TPSA) is 64.4 Å². The fourth-order valence-corrected chi connectivity index (χ4v) is 3.44. The van der Waals surface area contributed by atoms with Crippen LogP contribution < -0.4 is 0 Å². The van der Waals surface area contributed by atoms with Crippen LogP contribution in [-0.2, 0) is 21.4 Å². The highest BCUT2D eigenvalue weighted by Crippen LogP contribution is 2.28. The van der Waals surface area contributed by atoms with Crippen LogP contribution in [0.2, 0.25) is 0 Å². The molecule has 0 atom stereocenters. The van der Waals surface area contributed by atoms with Crippen molar-refractivity contribution in [1.82, 2.24) is 14.6 Å². The van der Waals surface area contributed by atoms with E-state index < -0.39 is 10.1 Å². The molecule has 120 valence electrons. The smallest absolute Gasteiger partial charge is 0.314 e. The van der Waals surface area contributed by atoms with Gasteiger partial charge >= 0.3 is 10.1 Å². The normalized spacial score (nSPS) is 12.2. The summed E-state index contributed by atoms with van der Waals surface area (Å²) >= 11 is 0. The van der Waals surface area contributed by atoms with Gasteiger partial charge in [0.2, 0.25) is 0 Å². The van der Waals surface area contributed by atoms with Crippen molar-refractivity contribution in [2.45, 2.75) is 4.90 Å². The Bertz CT molecular complexity index is 962. The largest absolute Gasteiger partial charge is 0.344 e. The Kier molecular flexibility index (Phi) is 3.93. The van der Waals surface area contributed by atoms with Gasteiger partial charge in [-0.25, -0.2) is 0 Å². The Balaban J connectivity index is 2.10. The molecule has 3 rings (SSSR count). The summed E-state index contributed by atoms with van der Waals surface area (Å²) in [5.74, 6) is 0. The van der Waals surface area contributed by atoms with Crippen molar-refractivity contribution >= 4 is 21.0 Å². The highest BCUT2D eigenvalue weighted by atomic mass is 32.2. The number of aryl methyl sites for hydroxylation is 1. The summed E-state index contributed by atoms with van der Waals surface area (Å²) in [6.45, 7) is 0. The number of para-hydroxylation sites is 1. The highest BCUT2D eigenvalue weighted by molar-refractivity contribution is 7.86. The van der Waals surface area contributed by atoms with Crippen LogP contribution >= 0.6 is 0 Å². The number of nitrogens with zero attached hydrogens (tertiary/aromatic N) is 3. The van der Waals surface area contributed by atoms with Crippen molar-refractivity contribution in [3.8, 4) is 11.3 Å². The molecule has 0 aliphatic carbocycles. The zero-order chi connectivity index (χ0) is 16.6. The number of aromatic nitrogens is 2. The molecule has 0 N–H and O–H groups in total. The minimum atomic E-state index is -3.88. The van der Waals surface area contributed by atoms with Crippen molar-refractivity contribution in [3.63, 3.8) is 0 Å². The maximum absolute atomic E-state index is 12.2. The van der Waals surface area contributed by atoms with E-state index in [4.69, 9.17) is 4.28 Å². The van der Waals surface area contributed by atoms with Gasteiger partial charge in [0.25, 0.3) is 0 Å². The molecule has 0 unspecified atom stereocenters. The van der Waals surface area contributed by atoms with Crippen LogP contribution in [-0.4, -0.2) is 37.1 Å². The number of hydrogen-bond donors (Lipinski definition) is 0. The second-order valence-electron chi connectivity index (χ2n) is 5.40. The fourth-order valence-electron chi connectivity index (χ4n) is 2.50. The van der Waals surface area contributed by atoms with E-state index in [9.17, 15) is 8.42 Å².